The molecule has 2 N–H and O–H groups in total. The maximum Gasteiger partial charge on any atom is 0.191 e. The Hall–Kier alpha value is -1.68. The van der Waals surface area contributed by atoms with Crippen LogP contribution in [0.5, 0.6) is 0 Å². The number of benzene rings is 1. The number of rotatable bonds is 9. The van der Waals surface area contributed by atoms with Gasteiger partial charge in [-0.15, -0.1) is 24.0 Å². The van der Waals surface area contributed by atoms with Gasteiger partial charge in [-0.25, -0.2) is 9.38 Å². The molecule has 0 aliphatic heterocycles. The average molecular weight is 517 g/mol. The van der Waals surface area contributed by atoms with Gasteiger partial charge in [-0.1, -0.05) is 31.1 Å². The number of likely N-dealkylation sites (N-methyl/N-ethyl adjacent to an activating group) is 1. The van der Waals surface area contributed by atoms with Crippen LogP contribution in [0.1, 0.15) is 49.4 Å². The number of nitrogens with zero attached hydrogens (tertiary/aromatic N) is 3. The van der Waals surface area contributed by atoms with Crippen LogP contribution >= 0.6 is 24.0 Å². The van der Waals surface area contributed by atoms with Crippen LogP contribution in [-0.4, -0.2) is 43.2 Å². The van der Waals surface area contributed by atoms with Crippen LogP contribution in [0.2, 0.25) is 0 Å². The lowest BCUT2D eigenvalue weighted by molar-refractivity contribution is 0.297. The summed E-state index contributed by atoms with van der Waals surface area (Å²) < 4.78 is 19.1. The van der Waals surface area contributed by atoms with Crippen molar-refractivity contribution in [2.24, 2.45) is 4.99 Å². The number of guanidine groups is 1. The molecule has 1 heterocycles. The standard InChI is InChI=1S/C21H32FN5O.HI/c1-6-18-17(20(7-2)28-26-18)13-24-21(23-8-3)25-14-19(27(4)5)15-10-9-11-16(22)12-15;/h9-12,19H,6-8,13-14H2,1-5H3,(H2,23,24,25);1H. The minimum atomic E-state index is -0.225. The van der Waals surface area contributed by atoms with E-state index in [4.69, 9.17) is 9.52 Å². The van der Waals surface area contributed by atoms with Crippen molar-refractivity contribution in [1.29, 1.82) is 0 Å². The summed E-state index contributed by atoms with van der Waals surface area (Å²) in [5.74, 6) is 1.38. The van der Waals surface area contributed by atoms with Gasteiger partial charge in [-0.05, 0) is 45.1 Å². The average Bonchev–Trinajstić information content (AvgIpc) is 3.08. The highest BCUT2D eigenvalue weighted by Gasteiger charge is 2.16. The number of aliphatic imine (C=N–C) groups is 1. The van der Waals surface area contributed by atoms with E-state index in [1.807, 2.05) is 27.1 Å². The molecular formula is C21H33FIN5O. The molecule has 0 amide bonds. The van der Waals surface area contributed by atoms with Gasteiger partial charge in [0.15, 0.2) is 5.96 Å². The molecule has 0 aliphatic rings. The van der Waals surface area contributed by atoms with E-state index in [-0.39, 0.29) is 35.8 Å². The van der Waals surface area contributed by atoms with E-state index in [9.17, 15) is 4.39 Å². The Bertz CT molecular complexity index is 757. The Morgan fingerprint density at radius 2 is 1.97 bits per heavy atom. The van der Waals surface area contributed by atoms with Gasteiger partial charge in [0.25, 0.3) is 0 Å². The van der Waals surface area contributed by atoms with Crippen molar-refractivity contribution in [2.75, 3.05) is 27.2 Å². The Morgan fingerprint density at radius 1 is 1.21 bits per heavy atom. The number of hydrogen-bond acceptors (Lipinski definition) is 4. The molecule has 0 aliphatic carbocycles. The minimum Gasteiger partial charge on any atom is -0.361 e. The molecule has 0 saturated heterocycles. The largest absolute Gasteiger partial charge is 0.361 e. The third kappa shape index (κ3) is 7.26. The Morgan fingerprint density at radius 3 is 2.55 bits per heavy atom. The summed E-state index contributed by atoms with van der Waals surface area (Å²) in [6, 6.07) is 6.75. The van der Waals surface area contributed by atoms with Crippen molar-refractivity contribution < 1.29 is 8.91 Å². The molecule has 1 aromatic heterocycles. The maximum absolute atomic E-state index is 13.6. The fourth-order valence-corrected chi connectivity index (χ4v) is 3.12. The van der Waals surface area contributed by atoms with E-state index >= 15 is 0 Å². The topological polar surface area (TPSA) is 65.7 Å². The molecule has 0 radical (unpaired) electrons. The maximum atomic E-state index is 13.6. The lowest BCUT2D eigenvalue weighted by atomic mass is 10.1. The summed E-state index contributed by atoms with van der Waals surface area (Å²) in [4.78, 5) is 6.78. The van der Waals surface area contributed by atoms with Crippen molar-refractivity contribution in [3.05, 3.63) is 52.7 Å². The minimum absolute atomic E-state index is 0. The second-order valence-electron chi connectivity index (χ2n) is 6.85. The van der Waals surface area contributed by atoms with Gasteiger partial charge in [0.05, 0.1) is 18.3 Å². The van der Waals surface area contributed by atoms with Crippen molar-refractivity contribution in [3.63, 3.8) is 0 Å². The summed E-state index contributed by atoms with van der Waals surface area (Å²) in [5, 5.41) is 10.8. The van der Waals surface area contributed by atoms with Crippen LogP contribution in [0.3, 0.4) is 0 Å². The summed E-state index contributed by atoms with van der Waals surface area (Å²) in [6.45, 7) is 8.02. The Labute approximate surface area is 190 Å². The van der Waals surface area contributed by atoms with E-state index in [1.54, 1.807) is 12.1 Å². The first kappa shape index (κ1) is 25.4. The fourth-order valence-electron chi connectivity index (χ4n) is 3.12. The van der Waals surface area contributed by atoms with Crippen molar-refractivity contribution in [3.8, 4) is 0 Å². The number of halogens is 2. The van der Waals surface area contributed by atoms with Gasteiger partial charge in [0.2, 0.25) is 0 Å². The summed E-state index contributed by atoms with van der Waals surface area (Å²) in [6.07, 6.45) is 1.62. The molecule has 162 valence electrons. The predicted octanol–water partition coefficient (Wildman–Crippen LogP) is 3.91. The Balaban J connectivity index is 0.00000420. The lowest BCUT2D eigenvalue weighted by Gasteiger charge is -2.26. The van der Waals surface area contributed by atoms with Gasteiger partial charge in [-0.2, -0.15) is 0 Å². The van der Waals surface area contributed by atoms with Gasteiger partial charge >= 0.3 is 0 Å². The van der Waals surface area contributed by atoms with Crippen LogP contribution in [0.4, 0.5) is 4.39 Å². The molecular weight excluding hydrogens is 484 g/mol. The highest BCUT2D eigenvalue weighted by atomic mass is 127. The second-order valence-corrected chi connectivity index (χ2v) is 6.85. The zero-order chi connectivity index (χ0) is 20.5. The molecule has 6 nitrogen and oxygen atoms in total. The third-order valence-corrected chi connectivity index (χ3v) is 4.67. The normalized spacial score (nSPS) is 12.6. The monoisotopic (exact) mass is 517 g/mol. The van der Waals surface area contributed by atoms with Crippen molar-refractivity contribution >= 4 is 29.9 Å². The van der Waals surface area contributed by atoms with E-state index in [2.05, 4.69) is 34.5 Å². The van der Waals surface area contributed by atoms with E-state index < -0.39 is 0 Å². The molecule has 0 spiro atoms. The molecule has 2 aromatic rings. The highest BCUT2D eigenvalue weighted by Crippen LogP contribution is 2.19. The first-order valence-electron chi connectivity index (χ1n) is 9.90. The Kier molecular flexibility index (Phi) is 11.2. The molecule has 1 aromatic carbocycles. The molecule has 8 heteroatoms. The van der Waals surface area contributed by atoms with E-state index in [1.165, 1.54) is 6.07 Å². The lowest BCUT2D eigenvalue weighted by Crippen LogP contribution is -2.41. The first-order chi connectivity index (χ1) is 13.5. The molecule has 0 saturated carbocycles. The molecule has 0 fully saturated rings. The van der Waals surface area contributed by atoms with Gasteiger partial charge in [0, 0.05) is 25.1 Å². The molecule has 1 unspecified atom stereocenters. The van der Waals surface area contributed by atoms with Crippen LogP contribution in [0.25, 0.3) is 0 Å². The zero-order valence-electron chi connectivity index (χ0n) is 18.0. The summed E-state index contributed by atoms with van der Waals surface area (Å²) in [7, 11) is 3.97. The zero-order valence-corrected chi connectivity index (χ0v) is 20.3. The number of nitrogens with one attached hydrogen (secondary N) is 2. The number of hydrogen-bond donors (Lipinski definition) is 2. The van der Waals surface area contributed by atoms with Crippen molar-refractivity contribution in [1.82, 2.24) is 20.7 Å². The summed E-state index contributed by atoms with van der Waals surface area (Å²) >= 11 is 0. The first-order valence-corrected chi connectivity index (χ1v) is 9.90. The smallest absolute Gasteiger partial charge is 0.191 e. The quantitative estimate of drug-likeness (QED) is 0.300. The molecule has 1 atom stereocenters. The van der Waals surface area contributed by atoms with Crippen LogP contribution < -0.4 is 10.6 Å². The fraction of sp³-hybridized carbons (Fsp3) is 0.524. The summed E-state index contributed by atoms with van der Waals surface area (Å²) in [5.41, 5.74) is 2.95. The van der Waals surface area contributed by atoms with Crippen LogP contribution in [-0.2, 0) is 19.4 Å². The van der Waals surface area contributed by atoms with Crippen LogP contribution in [0.15, 0.2) is 33.8 Å². The van der Waals surface area contributed by atoms with E-state index in [0.29, 0.717) is 13.1 Å². The second kappa shape index (κ2) is 12.8. The van der Waals surface area contributed by atoms with Crippen LogP contribution in [0, 0.1) is 5.82 Å². The third-order valence-electron chi connectivity index (χ3n) is 4.67. The predicted molar refractivity (Wildman–Crippen MR) is 126 cm³/mol. The SMILES string of the molecule is CCNC(=NCc1c(CC)noc1CC)NCC(c1cccc(F)c1)N(C)C.I. The van der Waals surface area contributed by atoms with Crippen molar-refractivity contribution in [2.45, 2.75) is 46.2 Å². The number of aryl methyl sites for hydroxylation is 2. The number of aromatic nitrogens is 1. The molecule has 29 heavy (non-hydrogen) atoms. The molecule has 0 bridgehead atoms. The van der Waals surface area contributed by atoms with Gasteiger partial charge in [-0.3, -0.25) is 0 Å². The molecule has 2 rings (SSSR count). The van der Waals surface area contributed by atoms with E-state index in [0.717, 1.165) is 47.9 Å². The van der Waals surface area contributed by atoms with Gasteiger partial charge < -0.3 is 20.1 Å². The highest BCUT2D eigenvalue weighted by molar-refractivity contribution is 14.0. The van der Waals surface area contributed by atoms with Gasteiger partial charge in [0.1, 0.15) is 11.6 Å².